The van der Waals surface area contributed by atoms with Crippen LogP contribution in [0.1, 0.15) is 33.1 Å². The van der Waals surface area contributed by atoms with Crippen molar-refractivity contribution in [3.8, 4) is 0 Å². The van der Waals surface area contributed by atoms with E-state index in [-0.39, 0.29) is 0 Å². The summed E-state index contributed by atoms with van der Waals surface area (Å²) in [4.78, 5) is 0. The van der Waals surface area contributed by atoms with Crippen LogP contribution in [0.4, 0.5) is 0 Å². The van der Waals surface area contributed by atoms with E-state index < -0.39 is 0 Å². The molecule has 1 nitrogen and oxygen atoms in total. The summed E-state index contributed by atoms with van der Waals surface area (Å²) in [5.41, 5.74) is 0. The Balaban J connectivity index is 2.36. The average molecular weight is 142 g/mol. The van der Waals surface area contributed by atoms with Gasteiger partial charge in [0.1, 0.15) is 0 Å². The minimum absolute atomic E-state index is 0.397. The van der Waals surface area contributed by atoms with E-state index in [0.717, 1.165) is 11.8 Å². The molecular formula is C9H18O. The fraction of sp³-hybridized carbons (Fsp3) is 1.00. The summed E-state index contributed by atoms with van der Waals surface area (Å²) >= 11 is 0. The molecule has 3 atom stereocenters. The Morgan fingerprint density at radius 1 is 1.30 bits per heavy atom. The van der Waals surface area contributed by atoms with Gasteiger partial charge in [-0.1, -0.05) is 20.3 Å². The Morgan fingerprint density at radius 3 is 2.50 bits per heavy atom. The van der Waals surface area contributed by atoms with E-state index in [2.05, 4.69) is 13.8 Å². The summed E-state index contributed by atoms with van der Waals surface area (Å²) in [5, 5.41) is 8.95. The van der Waals surface area contributed by atoms with Gasteiger partial charge in [-0.3, -0.25) is 0 Å². The van der Waals surface area contributed by atoms with Crippen molar-refractivity contribution in [2.24, 2.45) is 17.8 Å². The Labute approximate surface area is 63.4 Å². The molecule has 0 amide bonds. The number of aliphatic hydroxyl groups excluding tert-OH is 1. The van der Waals surface area contributed by atoms with E-state index in [1.165, 1.54) is 19.3 Å². The van der Waals surface area contributed by atoms with Crippen LogP contribution in [-0.2, 0) is 0 Å². The van der Waals surface area contributed by atoms with Crippen molar-refractivity contribution >= 4 is 0 Å². The van der Waals surface area contributed by atoms with Crippen molar-refractivity contribution in [2.45, 2.75) is 33.1 Å². The van der Waals surface area contributed by atoms with E-state index >= 15 is 0 Å². The second-order valence-electron chi connectivity index (χ2n) is 3.84. The summed E-state index contributed by atoms with van der Waals surface area (Å²) in [5.74, 6) is 2.22. The van der Waals surface area contributed by atoms with Crippen molar-refractivity contribution in [3.05, 3.63) is 0 Å². The van der Waals surface area contributed by atoms with E-state index in [4.69, 9.17) is 5.11 Å². The van der Waals surface area contributed by atoms with Gasteiger partial charge in [0.2, 0.25) is 0 Å². The van der Waals surface area contributed by atoms with E-state index in [1.807, 2.05) is 0 Å². The molecule has 1 rings (SSSR count). The Hall–Kier alpha value is -0.0400. The van der Waals surface area contributed by atoms with Crippen LogP contribution in [0.5, 0.6) is 0 Å². The number of hydrogen-bond donors (Lipinski definition) is 1. The van der Waals surface area contributed by atoms with Crippen LogP contribution in [-0.4, -0.2) is 11.7 Å². The highest BCUT2D eigenvalue weighted by Gasteiger charge is 2.23. The first kappa shape index (κ1) is 8.06. The van der Waals surface area contributed by atoms with Crippen LogP contribution in [0.15, 0.2) is 0 Å². The quantitative estimate of drug-likeness (QED) is 0.594. The molecule has 1 N–H and O–H groups in total. The molecular weight excluding hydrogens is 124 g/mol. The molecule has 0 unspecified atom stereocenters. The lowest BCUT2D eigenvalue weighted by atomic mass is 9.76. The zero-order chi connectivity index (χ0) is 7.56. The fourth-order valence-corrected chi connectivity index (χ4v) is 2.00. The normalized spacial score (nSPS) is 41.7. The number of hydrogen-bond acceptors (Lipinski definition) is 1. The van der Waals surface area contributed by atoms with Gasteiger partial charge < -0.3 is 5.11 Å². The monoisotopic (exact) mass is 142 g/mol. The molecule has 0 heterocycles. The van der Waals surface area contributed by atoms with Crippen LogP contribution in [0.2, 0.25) is 0 Å². The van der Waals surface area contributed by atoms with Gasteiger partial charge in [0, 0.05) is 6.61 Å². The molecule has 0 aromatic heterocycles. The minimum atomic E-state index is 0.397. The maximum absolute atomic E-state index is 8.95. The molecule has 1 heteroatoms. The van der Waals surface area contributed by atoms with E-state index in [0.29, 0.717) is 12.5 Å². The third kappa shape index (κ3) is 1.72. The Morgan fingerprint density at radius 2 is 2.00 bits per heavy atom. The number of rotatable bonds is 1. The van der Waals surface area contributed by atoms with Crippen LogP contribution >= 0.6 is 0 Å². The van der Waals surface area contributed by atoms with Crippen LogP contribution in [0, 0.1) is 17.8 Å². The molecule has 0 radical (unpaired) electrons. The molecule has 0 saturated heterocycles. The molecule has 1 aliphatic carbocycles. The zero-order valence-electron chi connectivity index (χ0n) is 7.01. The van der Waals surface area contributed by atoms with Gasteiger partial charge in [0.05, 0.1) is 0 Å². The smallest absolute Gasteiger partial charge is 0.0461 e. The maximum atomic E-state index is 8.95. The highest BCUT2D eigenvalue weighted by atomic mass is 16.3. The molecule has 0 bridgehead atoms. The molecule has 0 aromatic rings. The molecule has 1 fully saturated rings. The van der Waals surface area contributed by atoms with Crippen molar-refractivity contribution in [3.63, 3.8) is 0 Å². The van der Waals surface area contributed by atoms with Gasteiger partial charge in [-0.25, -0.2) is 0 Å². The maximum Gasteiger partial charge on any atom is 0.0461 e. The molecule has 60 valence electrons. The van der Waals surface area contributed by atoms with Gasteiger partial charge in [0.15, 0.2) is 0 Å². The Bertz CT molecular complexity index is 101. The van der Waals surface area contributed by atoms with Crippen molar-refractivity contribution in [1.82, 2.24) is 0 Å². The average Bonchev–Trinajstić information content (AvgIpc) is 1.88. The van der Waals surface area contributed by atoms with Gasteiger partial charge in [0.25, 0.3) is 0 Å². The van der Waals surface area contributed by atoms with Crippen molar-refractivity contribution in [2.75, 3.05) is 6.61 Å². The highest BCUT2D eigenvalue weighted by Crippen LogP contribution is 2.32. The van der Waals surface area contributed by atoms with Crippen molar-refractivity contribution in [1.29, 1.82) is 0 Å². The summed E-state index contributed by atoms with van der Waals surface area (Å²) in [6.07, 6.45) is 3.86. The largest absolute Gasteiger partial charge is 0.396 e. The lowest BCUT2D eigenvalue weighted by molar-refractivity contribution is 0.122. The van der Waals surface area contributed by atoms with Gasteiger partial charge in [-0.15, -0.1) is 0 Å². The third-order valence-electron chi connectivity index (χ3n) is 2.84. The lowest BCUT2D eigenvalue weighted by Crippen LogP contribution is -2.23. The third-order valence-corrected chi connectivity index (χ3v) is 2.84. The first-order valence-corrected chi connectivity index (χ1v) is 4.35. The molecule has 0 aliphatic heterocycles. The van der Waals surface area contributed by atoms with Gasteiger partial charge in [-0.2, -0.15) is 0 Å². The molecule has 0 spiro atoms. The van der Waals surface area contributed by atoms with Crippen LogP contribution in [0.3, 0.4) is 0 Å². The van der Waals surface area contributed by atoms with Crippen LogP contribution in [0.25, 0.3) is 0 Å². The standard InChI is InChI=1S/C9H18O/c1-7-3-4-9(6-10)8(2)5-7/h7-10H,3-6H2,1-2H3/t7-,8+,9-/m0/s1. The topological polar surface area (TPSA) is 20.2 Å². The van der Waals surface area contributed by atoms with E-state index in [1.54, 1.807) is 0 Å². The second-order valence-corrected chi connectivity index (χ2v) is 3.84. The zero-order valence-corrected chi connectivity index (χ0v) is 7.01. The van der Waals surface area contributed by atoms with Crippen molar-refractivity contribution < 1.29 is 5.11 Å². The first-order chi connectivity index (χ1) is 4.74. The fourth-order valence-electron chi connectivity index (χ4n) is 2.00. The van der Waals surface area contributed by atoms with E-state index in [9.17, 15) is 0 Å². The minimum Gasteiger partial charge on any atom is -0.396 e. The van der Waals surface area contributed by atoms with Gasteiger partial charge in [-0.05, 0) is 30.6 Å². The van der Waals surface area contributed by atoms with Gasteiger partial charge >= 0.3 is 0 Å². The first-order valence-electron chi connectivity index (χ1n) is 4.35. The lowest BCUT2D eigenvalue weighted by Gasteiger charge is -2.31. The summed E-state index contributed by atoms with van der Waals surface area (Å²) in [6, 6.07) is 0. The summed E-state index contributed by atoms with van der Waals surface area (Å²) in [6.45, 7) is 4.97. The highest BCUT2D eigenvalue weighted by molar-refractivity contribution is 4.74. The molecule has 1 aliphatic rings. The predicted molar refractivity (Wildman–Crippen MR) is 42.8 cm³/mol. The molecule has 10 heavy (non-hydrogen) atoms. The summed E-state index contributed by atoms with van der Waals surface area (Å²) < 4.78 is 0. The summed E-state index contributed by atoms with van der Waals surface area (Å²) in [7, 11) is 0. The number of aliphatic hydroxyl groups is 1. The van der Waals surface area contributed by atoms with Crippen LogP contribution < -0.4 is 0 Å². The molecule has 1 saturated carbocycles. The Kier molecular flexibility index (Phi) is 2.72. The predicted octanol–water partition coefficient (Wildman–Crippen LogP) is 2.05. The SMILES string of the molecule is C[C@H]1CC[C@@H](CO)[C@H](C)C1. The molecule has 0 aromatic carbocycles. The second kappa shape index (κ2) is 3.38.